The quantitative estimate of drug-likeness (QED) is 0.197. The molecule has 1 amide bonds. The number of aliphatic carboxylic acids is 1. The number of ether oxygens (including phenoxy) is 1. The maximum Gasteiger partial charge on any atom is 0.330 e. The van der Waals surface area contributed by atoms with Crippen molar-refractivity contribution in [1.29, 1.82) is 0 Å². The van der Waals surface area contributed by atoms with Crippen molar-refractivity contribution >= 4 is 17.8 Å². The van der Waals surface area contributed by atoms with E-state index in [1.807, 2.05) is 13.8 Å². The summed E-state index contributed by atoms with van der Waals surface area (Å²) >= 11 is 0. The van der Waals surface area contributed by atoms with Gasteiger partial charge in [-0.15, -0.1) is 10.2 Å². The highest BCUT2D eigenvalue weighted by molar-refractivity contribution is 5.97. The summed E-state index contributed by atoms with van der Waals surface area (Å²) in [6.45, 7) is 6.84. The third kappa shape index (κ3) is 6.99. The van der Waals surface area contributed by atoms with Crippen molar-refractivity contribution in [2.75, 3.05) is 39.8 Å². The van der Waals surface area contributed by atoms with Gasteiger partial charge in [0.15, 0.2) is 12.1 Å². The lowest BCUT2D eigenvalue weighted by Gasteiger charge is -2.27. The maximum absolute atomic E-state index is 13.6. The normalized spacial score (nSPS) is 15.7. The number of carboxylic acid groups (broad SMARTS) is 1. The second-order valence-electron chi connectivity index (χ2n) is 10.5. The molecule has 3 aromatic rings. The van der Waals surface area contributed by atoms with Crippen molar-refractivity contribution in [2.24, 2.45) is 11.7 Å². The molecule has 0 radical (unpaired) electrons. The molecule has 1 aromatic carbocycles. The van der Waals surface area contributed by atoms with Crippen LogP contribution in [0.15, 0.2) is 30.6 Å². The number of carbonyl (C=O) groups excluding carboxylic acids is 2. The second kappa shape index (κ2) is 14.1. The number of unbranched alkanes of at least 4 members (excludes halogenated alkanes) is 1. The van der Waals surface area contributed by atoms with Crippen molar-refractivity contribution in [3.63, 3.8) is 0 Å². The van der Waals surface area contributed by atoms with E-state index in [0.29, 0.717) is 80.1 Å². The van der Waals surface area contributed by atoms with Crippen LogP contribution >= 0.6 is 0 Å². The number of nitrogens with one attached hydrogen (secondary N) is 1. The lowest BCUT2D eigenvalue weighted by molar-refractivity contribution is -0.145. The Morgan fingerprint density at radius 1 is 1.02 bits per heavy atom. The smallest absolute Gasteiger partial charge is 0.330 e. The highest BCUT2D eigenvalue weighted by atomic mass is 16.5. The number of nitrogens with zero attached hydrogens (tertiary/aromatic N) is 7. The number of carbonyl (C=O) groups is 3. The molecule has 0 aliphatic carbocycles. The molecule has 226 valence electrons. The molecule has 14 nitrogen and oxygen atoms in total. The summed E-state index contributed by atoms with van der Waals surface area (Å²) in [4.78, 5) is 39.9. The molecule has 0 saturated carbocycles. The van der Waals surface area contributed by atoms with Crippen molar-refractivity contribution in [1.82, 2.24) is 40.2 Å². The molecule has 1 fully saturated rings. The summed E-state index contributed by atoms with van der Waals surface area (Å²) in [5.41, 5.74) is 8.09. The fraction of sp³-hybridized carbons (Fsp3) is 0.536. The van der Waals surface area contributed by atoms with Gasteiger partial charge in [0.1, 0.15) is 11.4 Å². The number of hydrogen-bond donors (Lipinski definition) is 3. The van der Waals surface area contributed by atoms with Crippen molar-refractivity contribution < 1.29 is 24.2 Å². The van der Waals surface area contributed by atoms with Gasteiger partial charge in [0.05, 0.1) is 19.5 Å². The van der Waals surface area contributed by atoms with Crippen LogP contribution in [-0.2, 0) is 14.3 Å². The van der Waals surface area contributed by atoms with E-state index in [1.165, 1.54) is 16.5 Å². The van der Waals surface area contributed by atoms with Gasteiger partial charge < -0.3 is 25.8 Å². The first-order valence-electron chi connectivity index (χ1n) is 14.3. The van der Waals surface area contributed by atoms with Crippen LogP contribution in [0, 0.1) is 5.92 Å². The third-order valence-corrected chi connectivity index (χ3v) is 7.64. The van der Waals surface area contributed by atoms with Gasteiger partial charge in [-0.2, -0.15) is 0 Å². The molecule has 1 aliphatic rings. The van der Waals surface area contributed by atoms with E-state index in [2.05, 4.69) is 25.9 Å². The number of hydrogen-bond acceptors (Lipinski definition) is 10. The Labute approximate surface area is 244 Å². The van der Waals surface area contributed by atoms with Crippen molar-refractivity contribution in [3.8, 4) is 22.5 Å². The van der Waals surface area contributed by atoms with Crippen LogP contribution in [0.1, 0.15) is 62.0 Å². The van der Waals surface area contributed by atoms with Crippen LogP contribution in [0.2, 0.25) is 0 Å². The molecule has 14 heteroatoms. The van der Waals surface area contributed by atoms with Gasteiger partial charge >= 0.3 is 11.9 Å². The van der Waals surface area contributed by atoms with E-state index in [1.54, 1.807) is 35.5 Å². The summed E-state index contributed by atoms with van der Waals surface area (Å²) in [7, 11) is 1.33. The van der Waals surface area contributed by atoms with Gasteiger partial charge in [0.25, 0.3) is 5.91 Å². The van der Waals surface area contributed by atoms with Crippen LogP contribution in [0.3, 0.4) is 0 Å². The molecule has 3 heterocycles. The van der Waals surface area contributed by atoms with Gasteiger partial charge in [-0.05, 0) is 49.9 Å². The highest BCUT2D eigenvalue weighted by Gasteiger charge is 2.28. The monoisotopic (exact) mass is 581 g/mol. The number of aromatic nitrogens is 6. The highest BCUT2D eigenvalue weighted by Crippen LogP contribution is 2.29. The molecule has 0 bridgehead atoms. The molecule has 4 rings (SSSR count). The van der Waals surface area contributed by atoms with Gasteiger partial charge in [0, 0.05) is 42.9 Å². The molecule has 2 aromatic heterocycles. The zero-order chi connectivity index (χ0) is 30.2. The molecule has 1 saturated heterocycles. The van der Waals surface area contributed by atoms with Gasteiger partial charge in [0.2, 0.25) is 0 Å². The fourth-order valence-electron chi connectivity index (χ4n) is 5.02. The molecule has 42 heavy (non-hydrogen) atoms. The van der Waals surface area contributed by atoms with Crippen LogP contribution in [0.5, 0.6) is 0 Å². The first-order chi connectivity index (χ1) is 20.3. The number of piperazine rings is 1. The number of carboxylic acids is 1. The summed E-state index contributed by atoms with van der Waals surface area (Å²) in [6.07, 6.45) is 5.86. The number of nitrogens with two attached hydrogens (primary N) is 1. The predicted octanol–water partition coefficient (Wildman–Crippen LogP) is 1.76. The minimum absolute atomic E-state index is 0.142. The molecular formula is C28H39N9O5. The van der Waals surface area contributed by atoms with Crippen molar-refractivity contribution in [3.05, 3.63) is 36.2 Å². The minimum Gasteiger partial charge on any atom is -0.480 e. The molecular weight excluding hydrogens is 542 g/mol. The molecule has 4 N–H and O–H groups in total. The maximum atomic E-state index is 13.6. The van der Waals surface area contributed by atoms with Gasteiger partial charge in [-0.25, -0.2) is 19.0 Å². The van der Waals surface area contributed by atoms with Gasteiger partial charge in [-0.3, -0.25) is 4.79 Å². The zero-order valence-corrected chi connectivity index (χ0v) is 24.3. The fourth-order valence-corrected chi connectivity index (χ4v) is 5.02. The lowest BCUT2D eigenvalue weighted by Crippen LogP contribution is -2.46. The van der Waals surface area contributed by atoms with E-state index < -0.39 is 24.0 Å². The Balaban J connectivity index is 1.74. The largest absolute Gasteiger partial charge is 0.480 e. The van der Waals surface area contributed by atoms with Crippen LogP contribution < -0.4 is 11.1 Å². The molecule has 0 spiro atoms. The standard InChI is InChI=1S/C28H39N9O5/c1-4-18(2)25(27(39)40)37-17-23(32-34-37)20-13-19(14-21(15-20)26(38)35-11-9-30-10-12-35)22-16-36(33-31-22)24(28(41)42-3)7-5-6-8-29/h13-18,24-25,30H,4-12,29H2,1-3H3,(H,39,40)/t18?,24-,25-/m0/s1. The number of methoxy groups -OCH3 is 1. The van der Waals surface area contributed by atoms with E-state index in [0.717, 1.165) is 6.42 Å². The Bertz CT molecular complexity index is 1380. The number of amides is 1. The van der Waals surface area contributed by atoms with Gasteiger partial charge in [-0.1, -0.05) is 30.7 Å². The predicted molar refractivity (Wildman–Crippen MR) is 153 cm³/mol. The van der Waals surface area contributed by atoms with E-state index in [-0.39, 0.29) is 11.8 Å². The molecule has 1 aliphatic heterocycles. The third-order valence-electron chi connectivity index (χ3n) is 7.64. The van der Waals surface area contributed by atoms with E-state index >= 15 is 0 Å². The first-order valence-corrected chi connectivity index (χ1v) is 14.3. The average Bonchev–Trinajstić information content (AvgIpc) is 3.69. The van der Waals surface area contributed by atoms with Crippen LogP contribution in [-0.4, -0.2) is 97.7 Å². The molecule has 3 atom stereocenters. The second-order valence-corrected chi connectivity index (χ2v) is 10.5. The topological polar surface area (TPSA) is 183 Å². The van der Waals surface area contributed by atoms with Crippen molar-refractivity contribution in [2.45, 2.75) is 51.6 Å². The lowest BCUT2D eigenvalue weighted by atomic mass is 9.99. The Hall–Kier alpha value is -4.17. The average molecular weight is 582 g/mol. The van der Waals surface area contributed by atoms with E-state index in [9.17, 15) is 19.5 Å². The summed E-state index contributed by atoms with van der Waals surface area (Å²) in [5.74, 6) is -1.74. The Morgan fingerprint density at radius 3 is 2.21 bits per heavy atom. The first kappa shape index (κ1) is 30.8. The van der Waals surface area contributed by atoms with E-state index in [4.69, 9.17) is 10.5 Å². The Morgan fingerprint density at radius 2 is 1.64 bits per heavy atom. The number of rotatable bonds is 13. The minimum atomic E-state index is -0.993. The summed E-state index contributed by atoms with van der Waals surface area (Å²) < 4.78 is 7.83. The zero-order valence-electron chi connectivity index (χ0n) is 24.3. The number of benzene rings is 1. The summed E-state index contributed by atoms with van der Waals surface area (Å²) in [6, 6.07) is 3.73. The SMILES string of the molecule is CCC(C)[C@@H](C(=O)O)n1cc(-c2cc(C(=O)N3CCNCC3)cc(-c3cn([C@@H](CCCCN)C(=O)OC)nn3)c2)nn1. The summed E-state index contributed by atoms with van der Waals surface area (Å²) in [5, 5.41) is 30.0. The molecule has 1 unspecified atom stereocenters. The van der Waals surface area contributed by atoms with Crippen LogP contribution in [0.4, 0.5) is 0 Å². The Kier molecular flexibility index (Phi) is 10.4. The number of esters is 1. The van der Waals surface area contributed by atoms with Crippen LogP contribution in [0.25, 0.3) is 22.5 Å².